The molecule has 4 nitrogen and oxygen atoms in total. The normalized spacial score (nSPS) is 10.1. The molecule has 0 aromatic heterocycles. The molecule has 0 aromatic rings. The van der Waals surface area contributed by atoms with Gasteiger partial charge < -0.3 is 4.90 Å². The van der Waals surface area contributed by atoms with Gasteiger partial charge in [-0.05, 0) is 27.7 Å². The van der Waals surface area contributed by atoms with E-state index in [0.29, 0.717) is 13.1 Å². The van der Waals surface area contributed by atoms with E-state index < -0.39 is 5.92 Å². The van der Waals surface area contributed by atoms with Crippen LogP contribution >= 0.6 is 0 Å². The summed E-state index contributed by atoms with van der Waals surface area (Å²) >= 11 is 0. The Balaban J connectivity index is 4.76. The fourth-order valence-corrected chi connectivity index (χ4v) is 1.35. The average molecular weight is 199 g/mol. The van der Waals surface area contributed by atoms with Gasteiger partial charge in [0.2, 0.25) is 5.91 Å². The second kappa shape index (κ2) is 5.52. The molecule has 0 aliphatic rings. The van der Waals surface area contributed by atoms with Gasteiger partial charge >= 0.3 is 0 Å². The van der Waals surface area contributed by atoms with Gasteiger partial charge in [-0.15, -0.1) is 0 Å². The molecule has 0 spiro atoms. The Hall–Kier alpha value is -1.19. The van der Waals surface area contributed by atoms with Crippen LogP contribution in [-0.4, -0.2) is 35.5 Å². The SMILES string of the molecule is CCN(CC)C(=O)C(C(C)=O)C(C)=O. The molecular formula is C10H17NO3. The van der Waals surface area contributed by atoms with Crippen LogP contribution in [0.3, 0.4) is 0 Å². The van der Waals surface area contributed by atoms with Crippen molar-refractivity contribution in [1.29, 1.82) is 0 Å². The lowest BCUT2D eigenvalue weighted by molar-refractivity contribution is -0.144. The van der Waals surface area contributed by atoms with E-state index in [1.807, 2.05) is 13.8 Å². The first-order valence-corrected chi connectivity index (χ1v) is 4.75. The Labute approximate surface area is 84.3 Å². The van der Waals surface area contributed by atoms with E-state index in [4.69, 9.17) is 0 Å². The highest BCUT2D eigenvalue weighted by Gasteiger charge is 2.30. The molecule has 80 valence electrons. The summed E-state index contributed by atoms with van der Waals surface area (Å²) in [6, 6.07) is 0. The van der Waals surface area contributed by atoms with E-state index in [0.717, 1.165) is 0 Å². The number of hydrogen-bond acceptors (Lipinski definition) is 3. The second-order valence-corrected chi connectivity index (χ2v) is 3.16. The third-order valence-corrected chi connectivity index (χ3v) is 2.14. The zero-order valence-corrected chi connectivity index (χ0v) is 9.16. The zero-order chi connectivity index (χ0) is 11.3. The molecule has 4 heteroatoms. The van der Waals surface area contributed by atoms with Crippen molar-refractivity contribution >= 4 is 17.5 Å². The molecule has 0 atom stereocenters. The molecule has 0 bridgehead atoms. The van der Waals surface area contributed by atoms with Gasteiger partial charge in [0.25, 0.3) is 0 Å². The molecule has 0 unspecified atom stereocenters. The third kappa shape index (κ3) is 2.94. The predicted octanol–water partition coefficient (Wildman–Crippen LogP) is 0.649. The van der Waals surface area contributed by atoms with Crippen LogP contribution < -0.4 is 0 Å². The number of rotatable bonds is 5. The minimum Gasteiger partial charge on any atom is -0.342 e. The smallest absolute Gasteiger partial charge is 0.240 e. The van der Waals surface area contributed by atoms with Crippen molar-refractivity contribution in [2.24, 2.45) is 5.92 Å². The van der Waals surface area contributed by atoms with Crippen LogP contribution in [-0.2, 0) is 14.4 Å². The lowest BCUT2D eigenvalue weighted by Gasteiger charge is -2.22. The van der Waals surface area contributed by atoms with E-state index >= 15 is 0 Å². The lowest BCUT2D eigenvalue weighted by atomic mass is 9.99. The molecule has 0 aromatic carbocycles. The first kappa shape index (κ1) is 12.8. The van der Waals surface area contributed by atoms with Crippen molar-refractivity contribution in [3.8, 4) is 0 Å². The molecule has 14 heavy (non-hydrogen) atoms. The van der Waals surface area contributed by atoms with Crippen LogP contribution in [0.15, 0.2) is 0 Å². The number of carbonyl (C=O) groups is 3. The molecule has 0 aliphatic heterocycles. The Kier molecular flexibility index (Phi) is 5.05. The maximum absolute atomic E-state index is 11.7. The molecule has 0 heterocycles. The number of hydrogen-bond donors (Lipinski definition) is 0. The first-order chi connectivity index (χ1) is 6.45. The van der Waals surface area contributed by atoms with Crippen molar-refractivity contribution in [2.45, 2.75) is 27.7 Å². The van der Waals surface area contributed by atoms with Crippen molar-refractivity contribution in [1.82, 2.24) is 4.90 Å². The number of amides is 1. The van der Waals surface area contributed by atoms with Gasteiger partial charge in [0.15, 0.2) is 5.92 Å². The van der Waals surface area contributed by atoms with Crippen LogP contribution in [0, 0.1) is 5.92 Å². The summed E-state index contributed by atoms with van der Waals surface area (Å²) in [4.78, 5) is 35.4. The minimum atomic E-state index is -1.10. The molecule has 1 amide bonds. The summed E-state index contributed by atoms with van der Waals surface area (Å²) in [5.41, 5.74) is 0. The van der Waals surface area contributed by atoms with Gasteiger partial charge in [0, 0.05) is 13.1 Å². The molecule has 0 rings (SSSR count). The maximum Gasteiger partial charge on any atom is 0.240 e. The fourth-order valence-electron chi connectivity index (χ4n) is 1.35. The zero-order valence-electron chi connectivity index (χ0n) is 9.16. The highest BCUT2D eigenvalue weighted by molar-refractivity contribution is 6.17. The van der Waals surface area contributed by atoms with E-state index in [1.54, 1.807) is 0 Å². The fraction of sp³-hybridized carbons (Fsp3) is 0.700. The molecule has 0 saturated carbocycles. The van der Waals surface area contributed by atoms with Crippen molar-refractivity contribution in [3.63, 3.8) is 0 Å². The van der Waals surface area contributed by atoms with Gasteiger partial charge in [0.1, 0.15) is 11.6 Å². The van der Waals surface area contributed by atoms with Crippen LogP contribution in [0.4, 0.5) is 0 Å². The number of carbonyl (C=O) groups excluding carboxylic acids is 3. The standard InChI is InChI=1S/C10H17NO3/c1-5-11(6-2)10(14)9(7(3)12)8(4)13/h9H,5-6H2,1-4H3. The summed E-state index contributed by atoms with van der Waals surface area (Å²) < 4.78 is 0. The van der Waals surface area contributed by atoms with Gasteiger partial charge in [0.05, 0.1) is 0 Å². The number of nitrogens with zero attached hydrogens (tertiary/aromatic N) is 1. The lowest BCUT2D eigenvalue weighted by Crippen LogP contribution is -2.41. The molecule has 0 aliphatic carbocycles. The van der Waals surface area contributed by atoms with E-state index in [2.05, 4.69) is 0 Å². The molecule has 0 N–H and O–H groups in total. The molecule has 0 fully saturated rings. The van der Waals surface area contributed by atoms with Gasteiger partial charge in [-0.1, -0.05) is 0 Å². The van der Waals surface area contributed by atoms with Crippen molar-refractivity contribution in [2.75, 3.05) is 13.1 Å². The average Bonchev–Trinajstić information content (AvgIpc) is 2.04. The summed E-state index contributed by atoms with van der Waals surface area (Å²) in [6.07, 6.45) is 0. The maximum atomic E-state index is 11.7. The van der Waals surface area contributed by atoms with Gasteiger partial charge in [-0.3, -0.25) is 14.4 Å². The van der Waals surface area contributed by atoms with Crippen LogP contribution in [0.25, 0.3) is 0 Å². The largest absolute Gasteiger partial charge is 0.342 e. The summed E-state index contributed by atoms with van der Waals surface area (Å²) in [5.74, 6) is -2.24. The van der Waals surface area contributed by atoms with Gasteiger partial charge in [-0.2, -0.15) is 0 Å². The highest BCUT2D eigenvalue weighted by atomic mass is 16.2. The number of ketones is 2. The Bertz CT molecular complexity index is 230. The minimum absolute atomic E-state index is 0.380. The van der Waals surface area contributed by atoms with Crippen LogP contribution in [0.2, 0.25) is 0 Å². The topological polar surface area (TPSA) is 54.5 Å². The quantitative estimate of drug-likeness (QED) is 0.611. The monoisotopic (exact) mass is 199 g/mol. The van der Waals surface area contributed by atoms with Crippen molar-refractivity contribution < 1.29 is 14.4 Å². The number of Topliss-reactive ketones (excluding diaryl/α,β-unsaturated/α-hetero) is 2. The van der Waals surface area contributed by atoms with Crippen LogP contribution in [0.5, 0.6) is 0 Å². The Morgan fingerprint density at radius 2 is 1.36 bits per heavy atom. The summed E-state index contributed by atoms with van der Waals surface area (Å²) in [6.45, 7) is 7.22. The Morgan fingerprint density at radius 3 is 1.57 bits per heavy atom. The summed E-state index contributed by atoms with van der Waals surface area (Å²) in [5, 5.41) is 0. The van der Waals surface area contributed by atoms with Gasteiger partial charge in [-0.25, -0.2) is 0 Å². The van der Waals surface area contributed by atoms with E-state index in [-0.39, 0.29) is 17.5 Å². The second-order valence-electron chi connectivity index (χ2n) is 3.16. The molecular weight excluding hydrogens is 182 g/mol. The third-order valence-electron chi connectivity index (χ3n) is 2.14. The Morgan fingerprint density at radius 1 is 1.00 bits per heavy atom. The molecule has 0 saturated heterocycles. The summed E-state index contributed by atoms with van der Waals surface area (Å²) in [7, 11) is 0. The highest BCUT2D eigenvalue weighted by Crippen LogP contribution is 2.06. The van der Waals surface area contributed by atoms with Crippen molar-refractivity contribution in [3.05, 3.63) is 0 Å². The van der Waals surface area contributed by atoms with Crippen LogP contribution in [0.1, 0.15) is 27.7 Å². The molecule has 0 radical (unpaired) electrons. The first-order valence-electron chi connectivity index (χ1n) is 4.75. The van der Waals surface area contributed by atoms with E-state index in [1.165, 1.54) is 18.7 Å². The predicted molar refractivity (Wildman–Crippen MR) is 52.8 cm³/mol. The van der Waals surface area contributed by atoms with E-state index in [9.17, 15) is 14.4 Å².